The van der Waals surface area contributed by atoms with E-state index in [2.05, 4.69) is 10.6 Å². The Morgan fingerprint density at radius 2 is 1.86 bits per heavy atom. The normalized spacial score (nSPS) is 18.5. The molecule has 1 fully saturated rings. The van der Waals surface area contributed by atoms with E-state index in [1.807, 2.05) is 6.07 Å². The molecule has 0 radical (unpaired) electrons. The molecule has 8 heteroatoms. The van der Waals surface area contributed by atoms with Gasteiger partial charge in [0.05, 0.1) is 0 Å². The fraction of sp³-hybridized carbons (Fsp3) is 0.200. The molecule has 0 saturated carbocycles. The third-order valence-corrected chi connectivity index (χ3v) is 4.77. The first-order chi connectivity index (χ1) is 13.5. The zero-order chi connectivity index (χ0) is 19.7. The molecule has 0 aliphatic carbocycles. The third kappa shape index (κ3) is 3.32. The number of imide groups is 1. The number of piperidine rings is 1. The summed E-state index contributed by atoms with van der Waals surface area (Å²) in [5, 5.41) is 4.92. The van der Waals surface area contributed by atoms with E-state index in [0.717, 1.165) is 0 Å². The smallest absolute Gasteiger partial charge is 0.410 e. The van der Waals surface area contributed by atoms with Crippen LogP contribution < -0.4 is 15.4 Å². The number of anilines is 1. The zero-order valence-corrected chi connectivity index (χ0v) is 14.8. The summed E-state index contributed by atoms with van der Waals surface area (Å²) in [6.45, 7) is 0.169. The molecule has 0 aromatic heterocycles. The van der Waals surface area contributed by atoms with Crippen molar-refractivity contribution in [2.45, 2.75) is 25.4 Å². The number of para-hydroxylation sites is 1. The summed E-state index contributed by atoms with van der Waals surface area (Å²) in [5.41, 5.74) is 1.48. The number of hydrogen-bond acceptors (Lipinski definition) is 5. The quantitative estimate of drug-likeness (QED) is 0.795. The minimum atomic E-state index is -0.707. The monoisotopic (exact) mass is 379 g/mol. The van der Waals surface area contributed by atoms with Crippen molar-refractivity contribution in [3.8, 4) is 5.75 Å². The van der Waals surface area contributed by atoms with E-state index < -0.39 is 18.0 Å². The molecule has 28 heavy (non-hydrogen) atoms. The Kier molecular flexibility index (Phi) is 4.52. The molecule has 0 bridgehead atoms. The van der Waals surface area contributed by atoms with E-state index in [4.69, 9.17) is 4.74 Å². The van der Waals surface area contributed by atoms with Gasteiger partial charge in [-0.1, -0.05) is 24.3 Å². The second-order valence-electron chi connectivity index (χ2n) is 6.56. The van der Waals surface area contributed by atoms with Gasteiger partial charge >= 0.3 is 6.09 Å². The number of rotatable bonds is 3. The molecule has 8 nitrogen and oxygen atoms in total. The number of carbonyl (C=O) groups is 4. The SMILES string of the molecule is O=C1CCC(N2Cc3c(NC(=O)Oc4ccccc4)cccc3C2=O)C(=O)N1. The fourth-order valence-corrected chi connectivity index (χ4v) is 3.43. The van der Waals surface area contributed by atoms with Crippen LogP contribution in [0, 0.1) is 0 Å². The maximum atomic E-state index is 12.8. The van der Waals surface area contributed by atoms with Crippen molar-refractivity contribution < 1.29 is 23.9 Å². The third-order valence-electron chi connectivity index (χ3n) is 4.77. The lowest BCUT2D eigenvalue weighted by Gasteiger charge is -2.29. The van der Waals surface area contributed by atoms with E-state index in [0.29, 0.717) is 22.6 Å². The summed E-state index contributed by atoms with van der Waals surface area (Å²) >= 11 is 0. The minimum Gasteiger partial charge on any atom is -0.410 e. The van der Waals surface area contributed by atoms with Crippen LogP contribution in [-0.4, -0.2) is 34.8 Å². The van der Waals surface area contributed by atoms with E-state index in [-0.39, 0.29) is 31.2 Å². The summed E-state index contributed by atoms with van der Waals surface area (Å²) in [4.78, 5) is 49.9. The summed E-state index contributed by atoms with van der Waals surface area (Å²) in [5.74, 6) is -0.717. The Hall–Kier alpha value is -3.68. The first-order valence-corrected chi connectivity index (χ1v) is 8.83. The fourth-order valence-electron chi connectivity index (χ4n) is 3.43. The number of ether oxygens (including phenoxy) is 1. The van der Waals surface area contributed by atoms with E-state index >= 15 is 0 Å². The molecule has 2 heterocycles. The molecular weight excluding hydrogens is 362 g/mol. The molecule has 2 aromatic rings. The van der Waals surface area contributed by atoms with Crippen LogP contribution in [0.15, 0.2) is 48.5 Å². The van der Waals surface area contributed by atoms with Crippen molar-refractivity contribution in [1.29, 1.82) is 0 Å². The summed E-state index contributed by atoms with van der Waals surface area (Å²) < 4.78 is 5.23. The Morgan fingerprint density at radius 3 is 2.61 bits per heavy atom. The van der Waals surface area contributed by atoms with Gasteiger partial charge in [0, 0.05) is 29.8 Å². The van der Waals surface area contributed by atoms with Crippen molar-refractivity contribution in [2.24, 2.45) is 0 Å². The van der Waals surface area contributed by atoms with Crippen LogP contribution in [0.5, 0.6) is 5.75 Å². The van der Waals surface area contributed by atoms with Gasteiger partial charge in [-0.15, -0.1) is 0 Å². The van der Waals surface area contributed by atoms with Crippen LogP contribution in [-0.2, 0) is 16.1 Å². The molecule has 1 atom stereocenters. The van der Waals surface area contributed by atoms with Crippen molar-refractivity contribution >= 4 is 29.5 Å². The number of amides is 4. The highest BCUT2D eigenvalue weighted by Crippen LogP contribution is 2.32. The van der Waals surface area contributed by atoms with Crippen molar-refractivity contribution in [3.05, 3.63) is 59.7 Å². The molecule has 4 rings (SSSR count). The number of fused-ring (bicyclic) bond motifs is 1. The van der Waals surface area contributed by atoms with Gasteiger partial charge in [0.25, 0.3) is 5.91 Å². The van der Waals surface area contributed by atoms with Crippen molar-refractivity contribution in [1.82, 2.24) is 10.2 Å². The molecule has 0 spiro atoms. The van der Waals surface area contributed by atoms with Gasteiger partial charge in [0.1, 0.15) is 11.8 Å². The van der Waals surface area contributed by atoms with Crippen molar-refractivity contribution in [2.75, 3.05) is 5.32 Å². The van der Waals surface area contributed by atoms with Crippen LogP contribution in [0.3, 0.4) is 0 Å². The molecule has 4 amide bonds. The van der Waals surface area contributed by atoms with E-state index in [1.165, 1.54) is 4.90 Å². The maximum absolute atomic E-state index is 12.8. The second kappa shape index (κ2) is 7.15. The van der Waals surface area contributed by atoms with Crippen LogP contribution in [0.25, 0.3) is 0 Å². The highest BCUT2D eigenvalue weighted by atomic mass is 16.6. The van der Waals surface area contributed by atoms with Gasteiger partial charge in [-0.25, -0.2) is 4.79 Å². The molecule has 1 saturated heterocycles. The summed E-state index contributed by atoms with van der Waals surface area (Å²) in [6.07, 6.45) is -0.208. The van der Waals surface area contributed by atoms with Crippen LogP contribution in [0.2, 0.25) is 0 Å². The number of carbonyl (C=O) groups excluding carboxylic acids is 4. The first kappa shape index (κ1) is 17.7. The molecule has 2 aliphatic heterocycles. The summed E-state index contributed by atoms with van der Waals surface area (Å²) in [7, 11) is 0. The molecule has 2 aromatic carbocycles. The zero-order valence-electron chi connectivity index (χ0n) is 14.8. The van der Waals surface area contributed by atoms with Crippen LogP contribution >= 0.6 is 0 Å². The average molecular weight is 379 g/mol. The molecule has 2 N–H and O–H groups in total. The summed E-state index contributed by atoms with van der Waals surface area (Å²) in [6, 6.07) is 12.9. The highest BCUT2D eigenvalue weighted by molar-refractivity contribution is 6.06. The van der Waals surface area contributed by atoms with Gasteiger partial charge < -0.3 is 9.64 Å². The lowest BCUT2D eigenvalue weighted by molar-refractivity contribution is -0.136. The largest absolute Gasteiger partial charge is 0.417 e. The highest BCUT2D eigenvalue weighted by Gasteiger charge is 2.39. The molecular formula is C20H17N3O5. The predicted octanol–water partition coefficient (Wildman–Crippen LogP) is 2.06. The number of benzene rings is 2. The second-order valence-corrected chi connectivity index (χ2v) is 6.56. The molecule has 142 valence electrons. The maximum Gasteiger partial charge on any atom is 0.417 e. The predicted molar refractivity (Wildman–Crippen MR) is 98.6 cm³/mol. The Balaban J connectivity index is 1.52. The first-order valence-electron chi connectivity index (χ1n) is 8.83. The number of nitrogens with one attached hydrogen (secondary N) is 2. The minimum absolute atomic E-state index is 0.169. The van der Waals surface area contributed by atoms with Gasteiger partial charge in [0.15, 0.2) is 0 Å². The van der Waals surface area contributed by atoms with E-state index in [9.17, 15) is 19.2 Å². The topological polar surface area (TPSA) is 105 Å². The standard InChI is InChI=1S/C20H17N3O5/c24-17-10-9-16(18(25)22-17)23-11-14-13(19(23)26)7-4-8-15(14)21-20(27)28-12-5-2-1-3-6-12/h1-8,16H,9-11H2,(H,21,27)(H,22,24,25). The van der Waals surface area contributed by atoms with Gasteiger partial charge in [-0.3, -0.25) is 25.0 Å². The van der Waals surface area contributed by atoms with Gasteiger partial charge in [-0.2, -0.15) is 0 Å². The van der Waals surface area contributed by atoms with E-state index in [1.54, 1.807) is 42.5 Å². The van der Waals surface area contributed by atoms with Gasteiger partial charge in [0.2, 0.25) is 11.8 Å². The number of hydrogen-bond donors (Lipinski definition) is 2. The van der Waals surface area contributed by atoms with Crippen molar-refractivity contribution in [3.63, 3.8) is 0 Å². The Bertz CT molecular complexity index is 973. The van der Waals surface area contributed by atoms with Crippen LogP contribution in [0.1, 0.15) is 28.8 Å². The lowest BCUT2D eigenvalue weighted by atomic mass is 10.0. The molecule has 2 aliphatic rings. The molecule has 1 unspecified atom stereocenters. The Labute approximate surface area is 160 Å². The number of nitrogens with zero attached hydrogens (tertiary/aromatic N) is 1. The average Bonchev–Trinajstić information content (AvgIpc) is 3.00. The lowest BCUT2D eigenvalue weighted by Crippen LogP contribution is -2.52. The van der Waals surface area contributed by atoms with Crippen LogP contribution in [0.4, 0.5) is 10.5 Å². The Morgan fingerprint density at radius 1 is 1.07 bits per heavy atom. The van der Waals surface area contributed by atoms with Gasteiger partial charge in [-0.05, 0) is 30.7 Å².